The number of amides is 1. The zero-order chi connectivity index (χ0) is 13.4. The van der Waals surface area contributed by atoms with Crippen molar-refractivity contribution in [1.82, 2.24) is 14.9 Å². The number of carbonyl (C=O) groups excluding carboxylic acids is 1. The van der Waals surface area contributed by atoms with E-state index < -0.39 is 0 Å². The third-order valence-electron chi connectivity index (χ3n) is 3.64. The number of fused-ring (bicyclic) bond motifs is 1. The van der Waals surface area contributed by atoms with E-state index in [1.54, 1.807) is 6.92 Å². The highest BCUT2D eigenvalue weighted by molar-refractivity contribution is 5.78. The number of nitrogens with one attached hydrogen (secondary N) is 1. The Hall–Kier alpha value is -2.28. The zero-order valence-electron chi connectivity index (χ0n) is 10.8. The summed E-state index contributed by atoms with van der Waals surface area (Å²) in [6.07, 6.45) is 7.38. The number of aromatic nitrogens is 2. The van der Waals surface area contributed by atoms with Crippen LogP contribution in [-0.2, 0) is 4.79 Å². The smallest absolute Gasteiger partial charge is 0.220 e. The number of likely N-dealkylation sites (tertiary alicyclic amines) is 1. The van der Waals surface area contributed by atoms with Gasteiger partial charge in [-0.1, -0.05) is 5.92 Å². The number of hydrogen-bond acceptors (Lipinski definition) is 2. The van der Waals surface area contributed by atoms with E-state index in [0.29, 0.717) is 0 Å². The van der Waals surface area contributed by atoms with Crippen LogP contribution < -0.4 is 0 Å². The van der Waals surface area contributed by atoms with Crippen molar-refractivity contribution in [2.75, 3.05) is 6.54 Å². The monoisotopic (exact) mass is 253 g/mol. The van der Waals surface area contributed by atoms with Crippen LogP contribution in [0.5, 0.6) is 0 Å². The predicted octanol–water partition coefficient (Wildman–Crippen LogP) is 2.23. The van der Waals surface area contributed by atoms with Gasteiger partial charge in [-0.05, 0) is 31.0 Å². The van der Waals surface area contributed by atoms with Crippen molar-refractivity contribution in [3.8, 4) is 12.3 Å². The van der Waals surface area contributed by atoms with Gasteiger partial charge in [-0.3, -0.25) is 4.79 Å². The number of hydrogen-bond donors (Lipinski definition) is 1. The second-order valence-electron chi connectivity index (χ2n) is 4.87. The van der Waals surface area contributed by atoms with Gasteiger partial charge in [0, 0.05) is 19.0 Å². The molecule has 0 spiro atoms. The second kappa shape index (κ2) is 4.43. The number of nitrogens with zero attached hydrogens (tertiary/aromatic N) is 2. The Morgan fingerprint density at radius 1 is 1.58 bits per heavy atom. The molecule has 1 N–H and O–H groups in total. The number of carbonyl (C=O) groups is 1. The van der Waals surface area contributed by atoms with Gasteiger partial charge in [-0.25, -0.2) is 4.98 Å². The molecule has 1 aliphatic heterocycles. The highest BCUT2D eigenvalue weighted by atomic mass is 16.2. The maximum Gasteiger partial charge on any atom is 0.220 e. The number of benzene rings is 1. The van der Waals surface area contributed by atoms with Crippen molar-refractivity contribution >= 4 is 16.9 Å². The van der Waals surface area contributed by atoms with Crippen molar-refractivity contribution < 1.29 is 4.79 Å². The molecule has 3 rings (SSSR count). The van der Waals surface area contributed by atoms with Crippen molar-refractivity contribution in [3.63, 3.8) is 0 Å². The van der Waals surface area contributed by atoms with E-state index in [0.717, 1.165) is 41.8 Å². The fourth-order valence-corrected chi connectivity index (χ4v) is 2.70. The van der Waals surface area contributed by atoms with E-state index in [9.17, 15) is 4.79 Å². The van der Waals surface area contributed by atoms with Crippen LogP contribution in [0.4, 0.5) is 0 Å². The molecule has 4 heteroatoms. The second-order valence-corrected chi connectivity index (χ2v) is 4.87. The van der Waals surface area contributed by atoms with Gasteiger partial charge >= 0.3 is 0 Å². The fourth-order valence-electron chi connectivity index (χ4n) is 2.70. The van der Waals surface area contributed by atoms with E-state index in [1.807, 2.05) is 23.1 Å². The maximum absolute atomic E-state index is 11.6. The van der Waals surface area contributed by atoms with Crippen molar-refractivity contribution in [3.05, 3.63) is 29.6 Å². The summed E-state index contributed by atoms with van der Waals surface area (Å²) >= 11 is 0. The molecule has 0 saturated carbocycles. The highest BCUT2D eigenvalue weighted by Gasteiger charge is 2.30. The van der Waals surface area contributed by atoms with E-state index in [1.165, 1.54) is 0 Å². The molecule has 96 valence electrons. The molecule has 2 heterocycles. The summed E-state index contributed by atoms with van der Waals surface area (Å²) in [5.41, 5.74) is 2.66. The number of rotatable bonds is 1. The number of H-pyrrole nitrogens is 1. The van der Waals surface area contributed by atoms with Gasteiger partial charge in [0.25, 0.3) is 0 Å². The number of aromatic amines is 1. The lowest BCUT2D eigenvalue weighted by Gasteiger charge is -2.21. The van der Waals surface area contributed by atoms with Gasteiger partial charge in [0.05, 0.1) is 17.1 Å². The molecule has 1 aromatic heterocycles. The first-order chi connectivity index (χ1) is 9.19. The Morgan fingerprint density at radius 2 is 2.42 bits per heavy atom. The first-order valence-corrected chi connectivity index (χ1v) is 6.42. The summed E-state index contributed by atoms with van der Waals surface area (Å²) in [6.45, 7) is 2.42. The SMILES string of the molecule is C#Cc1ccc2nc([C@@H]3CCCN3C(C)=O)[nH]c2c1. The van der Waals surface area contributed by atoms with Gasteiger partial charge in [-0.2, -0.15) is 0 Å². The molecule has 0 bridgehead atoms. The molecule has 0 radical (unpaired) electrons. The van der Waals surface area contributed by atoms with Gasteiger partial charge in [0.1, 0.15) is 5.82 Å². The lowest BCUT2D eigenvalue weighted by Crippen LogP contribution is -2.28. The summed E-state index contributed by atoms with van der Waals surface area (Å²) in [5.74, 6) is 3.57. The zero-order valence-corrected chi connectivity index (χ0v) is 10.8. The Labute approximate surface area is 111 Å². The molecule has 1 aliphatic rings. The average Bonchev–Trinajstić information content (AvgIpc) is 3.03. The minimum Gasteiger partial charge on any atom is -0.340 e. The minimum atomic E-state index is 0.0687. The fraction of sp³-hybridized carbons (Fsp3) is 0.333. The van der Waals surface area contributed by atoms with E-state index >= 15 is 0 Å². The first-order valence-electron chi connectivity index (χ1n) is 6.42. The molecule has 1 aromatic carbocycles. The van der Waals surface area contributed by atoms with Gasteiger partial charge in [-0.15, -0.1) is 6.42 Å². The van der Waals surface area contributed by atoms with Crippen LogP contribution in [0.15, 0.2) is 18.2 Å². The van der Waals surface area contributed by atoms with Crippen LogP contribution in [-0.4, -0.2) is 27.3 Å². The van der Waals surface area contributed by atoms with Crippen LogP contribution in [0.2, 0.25) is 0 Å². The summed E-state index contributed by atoms with van der Waals surface area (Å²) < 4.78 is 0. The standard InChI is InChI=1S/C15H15N3O/c1-3-11-6-7-12-13(9-11)17-15(16-12)14-5-4-8-18(14)10(2)19/h1,6-7,9,14H,4-5,8H2,2H3,(H,16,17)/t14-/m0/s1. The maximum atomic E-state index is 11.6. The summed E-state index contributed by atoms with van der Waals surface area (Å²) in [5, 5.41) is 0. The topological polar surface area (TPSA) is 49.0 Å². The quantitative estimate of drug-likeness (QED) is 0.792. The molecule has 1 fully saturated rings. The predicted molar refractivity (Wildman–Crippen MR) is 73.4 cm³/mol. The van der Waals surface area contributed by atoms with Crippen molar-refractivity contribution in [2.45, 2.75) is 25.8 Å². The van der Waals surface area contributed by atoms with Gasteiger partial charge < -0.3 is 9.88 Å². The summed E-state index contributed by atoms with van der Waals surface area (Å²) in [6, 6.07) is 5.78. The molecule has 0 unspecified atom stereocenters. The molecule has 4 nitrogen and oxygen atoms in total. The third kappa shape index (κ3) is 1.97. The molecule has 1 amide bonds. The Morgan fingerprint density at radius 3 is 3.16 bits per heavy atom. The van der Waals surface area contributed by atoms with E-state index in [-0.39, 0.29) is 11.9 Å². The molecular formula is C15H15N3O. The van der Waals surface area contributed by atoms with Crippen LogP contribution in [0.1, 0.15) is 37.2 Å². The van der Waals surface area contributed by atoms with E-state index in [2.05, 4.69) is 15.9 Å². The highest BCUT2D eigenvalue weighted by Crippen LogP contribution is 2.31. The van der Waals surface area contributed by atoms with Crippen LogP contribution >= 0.6 is 0 Å². The molecule has 1 atom stereocenters. The minimum absolute atomic E-state index is 0.0687. The molecule has 0 aliphatic carbocycles. The Balaban J connectivity index is 2.01. The average molecular weight is 253 g/mol. The van der Waals surface area contributed by atoms with Gasteiger partial charge in [0.2, 0.25) is 5.91 Å². The molecular weight excluding hydrogens is 238 g/mol. The summed E-state index contributed by atoms with van der Waals surface area (Å²) in [4.78, 5) is 21.4. The lowest BCUT2D eigenvalue weighted by molar-refractivity contribution is -0.129. The van der Waals surface area contributed by atoms with Crippen molar-refractivity contribution in [1.29, 1.82) is 0 Å². The summed E-state index contributed by atoms with van der Waals surface area (Å²) in [7, 11) is 0. The Bertz CT molecular complexity index is 680. The largest absolute Gasteiger partial charge is 0.340 e. The number of terminal acetylenes is 1. The first kappa shape index (κ1) is 11.8. The molecule has 1 saturated heterocycles. The van der Waals surface area contributed by atoms with Crippen LogP contribution in [0.25, 0.3) is 11.0 Å². The van der Waals surface area contributed by atoms with Gasteiger partial charge in [0.15, 0.2) is 0 Å². The Kier molecular flexibility index (Phi) is 2.75. The van der Waals surface area contributed by atoms with Crippen molar-refractivity contribution in [2.24, 2.45) is 0 Å². The van der Waals surface area contributed by atoms with E-state index in [4.69, 9.17) is 6.42 Å². The molecule has 19 heavy (non-hydrogen) atoms. The van der Waals surface area contributed by atoms with Crippen LogP contribution in [0.3, 0.4) is 0 Å². The molecule has 2 aromatic rings. The number of imidazole rings is 1. The third-order valence-corrected chi connectivity index (χ3v) is 3.64. The van der Waals surface area contributed by atoms with Crippen LogP contribution in [0, 0.1) is 12.3 Å². The lowest BCUT2D eigenvalue weighted by atomic mass is 10.2. The normalized spacial score (nSPS) is 18.7.